The number of likely N-dealkylation sites (tertiary alicyclic amines) is 1. The number of ether oxygens (including phenoxy) is 1. The standard InChI is InChI=1S/C11H19N5O2/c1-8-13-10(15-14-8)7-12-11(17)16-5-3-9(18-2)4-6-16/h9H,3-7H2,1-2H3,(H,12,17)(H,13,14,15). The molecule has 1 aromatic rings. The molecule has 1 aromatic heterocycles. The van der Waals surface area contributed by atoms with Crippen molar-refractivity contribution in [1.82, 2.24) is 25.4 Å². The molecule has 0 bridgehead atoms. The van der Waals surface area contributed by atoms with E-state index in [0.717, 1.165) is 31.8 Å². The number of urea groups is 1. The van der Waals surface area contributed by atoms with Gasteiger partial charge in [-0.05, 0) is 19.8 Å². The quantitative estimate of drug-likeness (QED) is 0.818. The average molecular weight is 253 g/mol. The minimum absolute atomic E-state index is 0.0630. The predicted molar refractivity (Wildman–Crippen MR) is 65.0 cm³/mol. The van der Waals surface area contributed by atoms with Gasteiger partial charge < -0.3 is 15.0 Å². The highest BCUT2D eigenvalue weighted by molar-refractivity contribution is 5.74. The number of carbonyl (C=O) groups excluding carboxylic acids is 1. The lowest BCUT2D eigenvalue weighted by Gasteiger charge is -2.31. The summed E-state index contributed by atoms with van der Waals surface area (Å²) in [5.74, 6) is 1.35. The Morgan fingerprint density at radius 1 is 1.56 bits per heavy atom. The number of piperidine rings is 1. The summed E-state index contributed by atoms with van der Waals surface area (Å²) in [4.78, 5) is 17.8. The number of hydrogen-bond donors (Lipinski definition) is 2. The highest BCUT2D eigenvalue weighted by Gasteiger charge is 2.22. The molecule has 100 valence electrons. The van der Waals surface area contributed by atoms with Gasteiger partial charge in [-0.3, -0.25) is 5.10 Å². The van der Waals surface area contributed by atoms with Crippen LogP contribution < -0.4 is 5.32 Å². The van der Waals surface area contributed by atoms with E-state index < -0.39 is 0 Å². The molecule has 2 amide bonds. The molecule has 1 aliphatic rings. The molecule has 2 heterocycles. The zero-order chi connectivity index (χ0) is 13.0. The second kappa shape index (κ2) is 5.81. The number of methoxy groups -OCH3 is 1. The van der Waals surface area contributed by atoms with E-state index in [4.69, 9.17) is 4.74 Å². The van der Waals surface area contributed by atoms with Crippen LogP contribution in [0.25, 0.3) is 0 Å². The minimum atomic E-state index is -0.0630. The Balaban J connectivity index is 1.75. The summed E-state index contributed by atoms with van der Waals surface area (Å²) in [5, 5.41) is 9.53. The number of carbonyl (C=O) groups is 1. The van der Waals surface area contributed by atoms with Crippen LogP contribution in [0.15, 0.2) is 0 Å². The van der Waals surface area contributed by atoms with Gasteiger partial charge in [0, 0.05) is 20.2 Å². The molecule has 18 heavy (non-hydrogen) atoms. The molecule has 0 spiro atoms. The van der Waals surface area contributed by atoms with E-state index in [1.165, 1.54) is 0 Å². The van der Waals surface area contributed by atoms with Gasteiger partial charge in [0.25, 0.3) is 0 Å². The van der Waals surface area contributed by atoms with E-state index in [1.54, 1.807) is 12.0 Å². The summed E-state index contributed by atoms with van der Waals surface area (Å²) < 4.78 is 5.27. The summed E-state index contributed by atoms with van der Waals surface area (Å²) in [6.45, 7) is 3.65. The summed E-state index contributed by atoms with van der Waals surface area (Å²) in [6, 6.07) is -0.0630. The third-order valence-electron chi connectivity index (χ3n) is 3.10. The SMILES string of the molecule is COC1CCN(C(=O)NCc2n[nH]c(C)n2)CC1. The number of rotatable bonds is 3. The Hall–Kier alpha value is -1.63. The third-order valence-corrected chi connectivity index (χ3v) is 3.10. The summed E-state index contributed by atoms with van der Waals surface area (Å²) >= 11 is 0. The fraction of sp³-hybridized carbons (Fsp3) is 0.727. The normalized spacial score (nSPS) is 16.9. The van der Waals surface area contributed by atoms with E-state index in [2.05, 4.69) is 20.5 Å². The summed E-state index contributed by atoms with van der Waals surface area (Å²) in [7, 11) is 1.71. The van der Waals surface area contributed by atoms with Gasteiger partial charge in [0.2, 0.25) is 0 Å². The second-order valence-corrected chi connectivity index (χ2v) is 4.42. The largest absolute Gasteiger partial charge is 0.381 e. The lowest BCUT2D eigenvalue weighted by Crippen LogP contribution is -2.45. The molecule has 7 nitrogen and oxygen atoms in total. The molecule has 0 atom stereocenters. The van der Waals surface area contributed by atoms with Crippen LogP contribution in [0.3, 0.4) is 0 Å². The van der Waals surface area contributed by atoms with Crippen molar-refractivity contribution >= 4 is 6.03 Å². The second-order valence-electron chi connectivity index (χ2n) is 4.42. The maximum Gasteiger partial charge on any atom is 0.317 e. The maximum atomic E-state index is 11.9. The van der Waals surface area contributed by atoms with Crippen LogP contribution >= 0.6 is 0 Å². The monoisotopic (exact) mass is 253 g/mol. The van der Waals surface area contributed by atoms with Crippen LogP contribution in [0.1, 0.15) is 24.5 Å². The Morgan fingerprint density at radius 3 is 2.83 bits per heavy atom. The Labute approximate surface area is 106 Å². The Bertz CT molecular complexity index is 398. The smallest absolute Gasteiger partial charge is 0.317 e. The molecule has 7 heteroatoms. The molecule has 0 aliphatic carbocycles. The van der Waals surface area contributed by atoms with Crippen LogP contribution in [0.5, 0.6) is 0 Å². The lowest BCUT2D eigenvalue weighted by atomic mass is 10.1. The van der Waals surface area contributed by atoms with Gasteiger partial charge in [0.15, 0.2) is 5.82 Å². The van der Waals surface area contributed by atoms with Gasteiger partial charge in [-0.25, -0.2) is 9.78 Å². The van der Waals surface area contributed by atoms with Crippen LogP contribution in [-0.4, -0.2) is 52.4 Å². The van der Waals surface area contributed by atoms with Gasteiger partial charge in [-0.2, -0.15) is 5.10 Å². The number of nitrogens with one attached hydrogen (secondary N) is 2. The van der Waals surface area contributed by atoms with Crippen molar-refractivity contribution in [3.05, 3.63) is 11.6 Å². The predicted octanol–water partition coefficient (Wildman–Crippen LogP) is 0.434. The molecule has 0 unspecified atom stereocenters. The first-order chi connectivity index (χ1) is 8.69. The van der Waals surface area contributed by atoms with Gasteiger partial charge in [0.05, 0.1) is 12.6 Å². The van der Waals surface area contributed by atoms with Gasteiger partial charge in [0.1, 0.15) is 5.82 Å². The molecular weight excluding hydrogens is 234 g/mol. The minimum Gasteiger partial charge on any atom is -0.381 e. The molecule has 1 fully saturated rings. The van der Waals surface area contributed by atoms with E-state index in [9.17, 15) is 4.79 Å². The van der Waals surface area contributed by atoms with Gasteiger partial charge in [-0.1, -0.05) is 0 Å². The summed E-state index contributed by atoms with van der Waals surface area (Å²) in [5.41, 5.74) is 0. The number of H-pyrrole nitrogens is 1. The van der Waals surface area contributed by atoms with Crippen molar-refractivity contribution in [2.75, 3.05) is 20.2 Å². The maximum absolute atomic E-state index is 11.9. The molecule has 0 radical (unpaired) electrons. The summed E-state index contributed by atoms with van der Waals surface area (Å²) in [6.07, 6.45) is 2.07. The Morgan fingerprint density at radius 2 is 2.28 bits per heavy atom. The third kappa shape index (κ3) is 3.19. The highest BCUT2D eigenvalue weighted by atomic mass is 16.5. The van der Waals surface area contributed by atoms with Crippen molar-refractivity contribution in [1.29, 1.82) is 0 Å². The highest BCUT2D eigenvalue weighted by Crippen LogP contribution is 2.12. The molecule has 2 N–H and O–H groups in total. The zero-order valence-electron chi connectivity index (χ0n) is 10.8. The molecular formula is C11H19N5O2. The van der Waals surface area contributed by atoms with Crippen LogP contribution in [0.4, 0.5) is 4.79 Å². The fourth-order valence-electron chi connectivity index (χ4n) is 2.03. The van der Waals surface area contributed by atoms with E-state index >= 15 is 0 Å². The first kappa shape index (κ1) is 12.8. The molecule has 1 aliphatic heterocycles. The van der Waals surface area contributed by atoms with E-state index in [1.807, 2.05) is 6.92 Å². The van der Waals surface area contributed by atoms with E-state index in [0.29, 0.717) is 12.4 Å². The van der Waals surface area contributed by atoms with Crippen molar-refractivity contribution in [2.24, 2.45) is 0 Å². The average Bonchev–Trinajstić information content (AvgIpc) is 2.82. The molecule has 0 aromatic carbocycles. The van der Waals surface area contributed by atoms with Crippen molar-refractivity contribution in [3.63, 3.8) is 0 Å². The van der Waals surface area contributed by atoms with Crippen LogP contribution in [0.2, 0.25) is 0 Å². The van der Waals surface area contributed by atoms with Crippen molar-refractivity contribution in [3.8, 4) is 0 Å². The van der Waals surface area contributed by atoms with Crippen LogP contribution in [0, 0.1) is 6.92 Å². The van der Waals surface area contributed by atoms with E-state index in [-0.39, 0.29) is 12.1 Å². The number of aromatic amines is 1. The number of amides is 2. The van der Waals surface area contributed by atoms with Crippen LogP contribution in [-0.2, 0) is 11.3 Å². The molecule has 1 saturated heterocycles. The number of aromatic nitrogens is 3. The Kier molecular flexibility index (Phi) is 4.14. The number of nitrogens with zero attached hydrogens (tertiary/aromatic N) is 3. The van der Waals surface area contributed by atoms with Gasteiger partial charge in [-0.15, -0.1) is 0 Å². The lowest BCUT2D eigenvalue weighted by molar-refractivity contribution is 0.0503. The number of hydrogen-bond acceptors (Lipinski definition) is 4. The van der Waals surface area contributed by atoms with Crippen molar-refractivity contribution in [2.45, 2.75) is 32.4 Å². The van der Waals surface area contributed by atoms with Crippen molar-refractivity contribution < 1.29 is 9.53 Å². The first-order valence-corrected chi connectivity index (χ1v) is 6.12. The molecule has 0 saturated carbocycles. The number of aryl methyl sites for hydroxylation is 1. The molecule has 2 rings (SSSR count). The topological polar surface area (TPSA) is 83.1 Å². The zero-order valence-corrected chi connectivity index (χ0v) is 10.8. The fourth-order valence-corrected chi connectivity index (χ4v) is 2.03. The first-order valence-electron chi connectivity index (χ1n) is 6.12. The van der Waals surface area contributed by atoms with Gasteiger partial charge >= 0.3 is 6.03 Å².